The van der Waals surface area contributed by atoms with Crippen molar-refractivity contribution >= 4 is 47.0 Å². The van der Waals surface area contributed by atoms with Crippen LogP contribution >= 0.6 is 35.0 Å². The summed E-state index contributed by atoms with van der Waals surface area (Å²) >= 11 is 14.3. The van der Waals surface area contributed by atoms with E-state index >= 15 is 0 Å². The molecule has 4 rings (SSSR count). The van der Waals surface area contributed by atoms with Crippen LogP contribution in [0, 0.1) is 0 Å². The first-order valence-corrected chi connectivity index (χ1v) is 14.0. The Labute approximate surface area is 241 Å². The number of ether oxygens (including phenoxy) is 1. The van der Waals surface area contributed by atoms with Crippen molar-refractivity contribution in [3.63, 3.8) is 0 Å². The van der Waals surface area contributed by atoms with Gasteiger partial charge >= 0.3 is 12.0 Å². The largest absolute Gasteiger partial charge is 0.465 e. The molecule has 1 heterocycles. The summed E-state index contributed by atoms with van der Waals surface area (Å²) < 4.78 is 6.75. The van der Waals surface area contributed by atoms with Crippen molar-refractivity contribution in [1.29, 1.82) is 0 Å². The minimum Gasteiger partial charge on any atom is -0.465 e. The van der Waals surface area contributed by atoms with Crippen molar-refractivity contribution in [2.75, 3.05) is 13.2 Å². The molecule has 11 heteroatoms. The van der Waals surface area contributed by atoms with Gasteiger partial charge in [-0.1, -0.05) is 95.6 Å². The Balaban J connectivity index is 1.70. The molecule has 0 bridgehead atoms. The number of rotatable bonds is 11. The molecular formula is C28H27Cl2N5O3S. The highest BCUT2D eigenvalue weighted by molar-refractivity contribution is 7.98. The van der Waals surface area contributed by atoms with E-state index in [0.29, 0.717) is 38.9 Å². The Kier molecular flexibility index (Phi) is 10.2. The summed E-state index contributed by atoms with van der Waals surface area (Å²) in [7, 11) is 0. The molecule has 0 saturated heterocycles. The summed E-state index contributed by atoms with van der Waals surface area (Å²) in [4.78, 5) is 24.6. The maximum atomic E-state index is 12.9. The van der Waals surface area contributed by atoms with Gasteiger partial charge in [-0.15, -0.1) is 10.2 Å². The minimum atomic E-state index is -0.611. The molecule has 3 aromatic carbocycles. The average molecular weight is 585 g/mol. The molecule has 39 heavy (non-hydrogen) atoms. The number of halogens is 2. The van der Waals surface area contributed by atoms with Crippen molar-refractivity contribution in [1.82, 2.24) is 25.4 Å². The number of urea groups is 1. The van der Waals surface area contributed by atoms with E-state index in [9.17, 15) is 9.59 Å². The van der Waals surface area contributed by atoms with Crippen LogP contribution < -0.4 is 10.6 Å². The van der Waals surface area contributed by atoms with E-state index in [1.165, 1.54) is 11.8 Å². The Hall–Kier alpha value is -3.53. The lowest BCUT2D eigenvalue weighted by molar-refractivity contribution is -0.141. The molecule has 0 radical (unpaired) electrons. The smallest absolute Gasteiger partial charge is 0.325 e. The zero-order valence-corrected chi connectivity index (χ0v) is 23.5. The van der Waals surface area contributed by atoms with Crippen molar-refractivity contribution < 1.29 is 14.3 Å². The molecule has 8 nitrogen and oxygen atoms in total. The maximum Gasteiger partial charge on any atom is 0.325 e. The molecular weight excluding hydrogens is 557 g/mol. The fraction of sp³-hybridized carbons (Fsp3) is 0.214. The average Bonchev–Trinajstić information content (AvgIpc) is 3.35. The van der Waals surface area contributed by atoms with E-state index in [4.69, 9.17) is 27.9 Å². The SMILES string of the molecule is CCOC(=O)CNC(=O)NC(Cc1ccccc1)c1nnc(SCc2ccccc2)n1-c1ccc(Cl)cc1Cl. The van der Waals surface area contributed by atoms with E-state index in [0.717, 1.165) is 11.1 Å². The zero-order chi connectivity index (χ0) is 27.6. The standard InChI is InChI=1S/C28H27Cl2N5O3S/c1-2-38-25(36)17-31-27(37)32-23(15-19-9-5-3-6-10-19)26-33-34-28(39-18-20-11-7-4-8-12-20)35(26)24-14-13-21(29)16-22(24)30/h3-14,16,23H,2,15,17-18H2,1H3,(H2,31,32,37). The number of carbonyl (C=O) groups is 2. The predicted octanol–water partition coefficient (Wildman–Crippen LogP) is 6.01. The molecule has 0 aliphatic heterocycles. The second-order valence-corrected chi connectivity index (χ2v) is 10.2. The number of thioether (sulfide) groups is 1. The molecule has 1 unspecified atom stereocenters. The molecule has 0 aliphatic rings. The Morgan fingerprint density at radius 2 is 1.67 bits per heavy atom. The summed E-state index contributed by atoms with van der Waals surface area (Å²) in [6.45, 7) is 1.68. The van der Waals surface area contributed by atoms with Gasteiger partial charge in [0.25, 0.3) is 0 Å². The lowest BCUT2D eigenvalue weighted by Crippen LogP contribution is -2.42. The van der Waals surface area contributed by atoms with Crippen LogP contribution in [-0.2, 0) is 21.7 Å². The molecule has 1 atom stereocenters. The fourth-order valence-corrected chi connectivity index (χ4v) is 5.24. The number of aromatic nitrogens is 3. The first-order valence-electron chi connectivity index (χ1n) is 12.3. The summed E-state index contributed by atoms with van der Waals surface area (Å²) in [5, 5.41) is 16.0. The quantitative estimate of drug-likeness (QED) is 0.166. The number of nitrogens with zero attached hydrogens (tertiary/aromatic N) is 3. The molecule has 2 N–H and O–H groups in total. The lowest BCUT2D eigenvalue weighted by Gasteiger charge is -2.21. The van der Waals surface area contributed by atoms with Crippen molar-refractivity contribution in [2.24, 2.45) is 0 Å². The van der Waals surface area contributed by atoms with E-state index < -0.39 is 18.0 Å². The zero-order valence-electron chi connectivity index (χ0n) is 21.1. The van der Waals surface area contributed by atoms with E-state index in [-0.39, 0.29) is 13.2 Å². The molecule has 0 spiro atoms. The summed E-state index contributed by atoms with van der Waals surface area (Å²) in [5.74, 6) is 0.606. The lowest BCUT2D eigenvalue weighted by atomic mass is 10.1. The first kappa shape index (κ1) is 28.5. The van der Waals surface area contributed by atoms with Crippen LogP contribution in [0.2, 0.25) is 10.0 Å². The predicted molar refractivity (Wildman–Crippen MR) is 153 cm³/mol. The topological polar surface area (TPSA) is 98.1 Å². The summed E-state index contributed by atoms with van der Waals surface area (Å²) in [6, 6.07) is 23.8. The third-order valence-electron chi connectivity index (χ3n) is 5.62. The van der Waals surface area contributed by atoms with E-state index in [2.05, 4.69) is 20.8 Å². The second kappa shape index (κ2) is 14.0. The molecule has 4 aromatic rings. The number of esters is 1. The van der Waals surface area contributed by atoms with Crippen molar-refractivity contribution in [2.45, 2.75) is 30.3 Å². The van der Waals surface area contributed by atoms with Crippen LogP contribution in [0.25, 0.3) is 5.69 Å². The molecule has 0 fully saturated rings. The van der Waals surface area contributed by atoms with Crippen LogP contribution in [0.1, 0.15) is 29.9 Å². The molecule has 0 aliphatic carbocycles. The van der Waals surface area contributed by atoms with Gasteiger partial charge in [-0.2, -0.15) is 0 Å². The highest BCUT2D eigenvalue weighted by Gasteiger charge is 2.26. The highest BCUT2D eigenvalue weighted by Crippen LogP contribution is 2.33. The normalized spacial score (nSPS) is 11.6. The number of amides is 2. The van der Waals surface area contributed by atoms with Gasteiger partial charge in [0.2, 0.25) is 0 Å². The first-order chi connectivity index (χ1) is 18.9. The Bertz CT molecular complexity index is 1400. The number of nitrogens with one attached hydrogen (secondary N) is 2. The van der Waals surface area contributed by atoms with Crippen LogP contribution in [0.4, 0.5) is 4.79 Å². The number of hydrogen-bond donors (Lipinski definition) is 2. The van der Waals surface area contributed by atoms with Crippen LogP contribution in [0.5, 0.6) is 0 Å². The number of benzene rings is 3. The fourth-order valence-electron chi connectivity index (χ4n) is 3.84. The molecule has 0 saturated carbocycles. The van der Waals surface area contributed by atoms with Gasteiger partial charge < -0.3 is 15.4 Å². The highest BCUT2D eigenvalue weighted by atomic mass is 35.5. The monoisotopic (exact) mass is 583 g/mol. The van der Waals surface area contributed by atoms with Gasteiger partial charge in [-0.05, 0) is 36.2 Å². The third kappa shape index (κ3) is 7.98. The van der Waals surface area contributed by atoms with Gasteiger partial charge in [-0.3, -0.25) is 9.36 Å². The maximum absolute atomic E-state index is 12.9. The molecule has 202 valence electrons. The van der Waals surface area contributed by atoms with E-state index in [1.807, 2.05) is 65.2 Å². The van der Waals surface area contributed by atoms with Gasteiger partial charge in [0, 0.05) is 17.2 Å². The Morgan fingerprint density at radius 1 is 0.974 bits per heavy atom. The van der Waals surface area contributed by atoms with Gasteiger partial charge in [0.1, 0.15) is 6.54 Å². The second-order valence-electron chi connectivity index (χ2n) is 8.42. The van der Waals surface area contributed by atoms with Crippen LogP contribution in [-0.4, -0.2) is 39.9 Å². The van der Waals surface area contributed by atoms with E-state index in [1.54, 1.807) is 25.1 Å². The summed E-state index contributed by atoms with van der Waals surface area (Å²) in [6.07, 6.45) is 0.417. The number of hydrogen-bond acceptors (Lipinski definition) is 6. The van der Waals surface area contributed by atoms with Gasteiger partial charge in [-0.25, -0.2) is 4.79 Å². The summed E-state index contributed by atoms with van der Waals surface area (Å²) in [5.41, 5.74) is 2.73. The van der Waals surface area contributed by atoms with Gasteiger partial charge in [0.05, 0.1) is 23.4 Å². The van der Waals surface area contributed by atoms with Crippen molar-refractivity contribution in [3.8, 4) is 5.69 Å². The Morgan fingerprint density at radius 3 is 2.33 bits per heavy atom. The third-order valence-corrected chi connectivity index (χ3v) is 7.16. The van der Waals surface area contributed by atoms with Crippen molar-refractivity contribution in [3.05, 3.63) is 106 Å². The number of carbonyl (C=O) groups excluding carboxylic acids is 2. The van der Waals surface area contributed by atoms with Gasteiger partial charge in [0.15, 0.2) is 11.0 Å². The van der Waals surface area contributed by atoms with Crippen LogP contribution in [0.3, 0.4) is 0 Å². The molecule has 2 amide bonds. The minimum absolute atomic E-state index is 0.229. The van der Waals surface area contributed by atoms with Crippen LogP contribution in [0.15, 0.2) is 84.0 Å². The molecule has 1 aromatic heterocycles.